The van der Waals surface area contributed by atoms with Gasteiger partial charge in [-0.2, -0.15) is 0 Å². The number of rotatable bonds is 3. The van der Waals surface area contributed by atoms with E-state index in [1.165, 1.54) is 5.56 Å². The number of nitrogens with two attached hydrogens (primary N) is 1. The van der Waals surface area contributed by atoms with Crippen LogP contribution in [0.4, 0.5) is 0 Å². The Bertz CT molecular complexity index is 421. The summed E-state index contributed by atoms with van der Waals surface area (Å²) in [6, 6.07) is 7.62. The molecule has 1 aromatic carbocycles. The summed E-state index contributed by atoms with van der Waals surface area (Å²) in [6.07, 6.45) is 0. The van der Waals surface area contributed by atoms with E-state index in [0.29, 0.717) is 6.54 Å². The van der Waals surface area contributed by atoms with E-state index in [2.05, 4.69) is 13.0 Å². The van der Waals surface area contributed by atoms with Crippen molar-refractivity contribution < 1.29 is 4.79 Å². The third-order valence-corrected chi connectivity index (χ3v) is 3.24. The Balaban J connectivity index is 2.75. The lowest BCUT2D eigenvalue weighted by molar-refractivity contribution is -0.134. The quantitative estimate of drug-likeness (QED) is 0.892. The molecular formula is C15H24N2O. The number of carbonyl (C=O) groups excluding carboxylic acids is 1. The van der Waals surface area contributed by atoms with Gasteiger partial charge in [-0.3, -0.25) is 4.79 Å². The number of nitrogens with zero attached hydrogens (tertiary/aromatic N) is 1. The molecule has 0 bridgehead atoms. The molecular weight excluding hydrogens is 224 g/mol. The summed E-state index contributed by atoms with van der Waals surface area (Å²) >= 11 is 0. The molecule has 0 heterocycles. The van der Waals surface area contributed by atoms with Crippen LogP contribution in [0, 0.1) is 12.3 Å². The molecule has 0 saturated heterocycles. The normalized spacial score (nSPS) is 13.2. The van der Waals surface area contributed by atoms with E-state index in [0.717, 1.165) is 5.56 Å². The van der Waals surface area contributed by atoms with E-state index in [1.807, 2.05) is 39.0 Å². The number of carbonyl (C=O) groups is 1. The summed E-state index contributed by atoms with van der Waals surface area (Å²) in [4.78, 5) is 13.9. The third kappa shape index (κ3) is 3.57. The lowest BCUT2D eigenvalue weighted by Crippen LogP contribution is -2.48. The van der Waals surface area contributed by atoms with Crippen molar-refractivity contribution in [2.75, 3.05) is 7.05 Å². The molecule has 0 radical (unpaired) electrons. The van der Waals surface area contributed by atoms with Gasteiger partial charge >= 0.3 is 0 Å². The first-order valence-electron chi connectivity index (χ1n) is 6.28. The highest BCUT2D eigenvalue weighted by atomic mass is 16.2. The lowest BCUT2D eigenvalue weighted by Gasteiger charge is -2.30. The second kappa shape index (κ2) is 5.53. The van der Waals surface area contributed by atoms with Crippen molar-refractivity contribution in [1.82, 2.24) is 4.90 Å². The molecule has 0 saturated carbocycles. The van der Waals surface area contributed by atoms with E-state index in [9.17, 15) is 4.79 Å². The second-order valence-electron chi connectivity index (χ2n) is 5.96. The fourth-order valence-electron chi connectivity index (χ4n) is 1.73. The monoisotopic (exact) mass is 248 g/mol. The number of hydrogen-bond acceptors (Lipinski definition) is 2. The molecule has 1 amide bonds. The Morgan fingerprint density at radius 3 is 2.39 bits per heavy atom. The van der Waals surface area contributed by atoms with Crippen molar-refractivity contribution in [3.63, 3.8) is 0 Å². The van der Waals surface area contributed by atoms with Crippen LogP contribution in [-0.4, -0.2) is 23.9 Å². The molecule has 0 aliphatic heterocycles. The fourth-order valence-corrected chi connectivity index (χ4v) is 1.73. The molecule has 100 valence electrons. The van der Waals surface area contributed by atoms with Crippen LogP contribution in [-0.2, 0) is 11.3 Å². The number of amides is 1. The zero-order valence-electron chi connectivity index (χ0n) is 12.0. The molecule has 3 nitrogen and oxygen atoms in total. The smallest absolute Gasteiger partial charge is 0.240 e. The van der Waals surface area contributed by atoms with E-state index < -0.39 is 6.04 Å². The maximum absolute atomic E-state index is 12.2. The van der Waals surface area contributed by atoms with Gasteiger partial charge in [0.1, 0.15) is 0 Å². The van der Waals surface area contributed by atoms with Crippen LogP contribution in [0.3, 0.4) is 0 Å². The average Bonchev–Trinajstić information content (AvgIpc) is 2.29. The van der Waals surface area contributed by atoms with Gasteiger partial charge in [-0.1, -0.05) is 45.0 Å². The summed E-state index contributed by atoms with van der Waals surface area (Å²) in [5.41, 5.74) is 8.14. The Labute approximate surface area is 110 Å². The molecule has 0 aliphatic rings. The number of benzene rings is 1. The minimum atomic E-state index is -0.466. The Hall–Kier alpha value is -1.35. The molecule has 1 rings (SSSR count). The van der Waals surface area contributed by atoms with Crippen molar-refractivity contribution in [2.24, 2.45) is 11.1 Å². The Morgan fingerprint density at radius 2 is 1.89 bits per heavy atom. The van der Waals surface area contributed by atoms with Crippen molar-refractivity contribution in [3.8, 4) is 0 Å². The van der Waals surface area contributed by atoms with Crippen molar-refractivity contribution in [1.29, 1.82) is 0 Å². The van der Waals surface area contributed by atoms with Crippen LogP contribution in [0.2, 0.25) is 0 Å². The van der Waals surface area contributed by atoms with Crippen LogP contribution >= 0.6 is 0 Å². The SMILES string of the molecule is Cc1ccccc1CN(C)C(=O)[C@H](N)C(C)(C)C. The summed E-state index contributed by atoms with van der Waals surface area (Å²) in [6.45, 7) is 8.61. The van der Waals surface area contributed by atoms with Crippen LogP contribution < -0.4 is 5.73 Å². The molecule has 0 fully saturated rings. The summed E-state index contributed by atoms with van der Waals surface area (Å²) < 4.78 is 0. The highest BCUT2D eigenvalue weighted by Gasteiger charge is 2.29. The predicted octanol–water partition coefficient (Wildman–Crippen LogP) is 2.33. The molecule has 1 aromatic rings. The van der Waals surface area contributed by atoms with Crippen LogP contribution in [0.25, 0.3) is 0 Å². The highest BCUT2D eigenvalue weighted by molar-refractivity contribution is 5.82. The Morgan fingerprint density at radius 1 is 1.33 bits per heavy atom. The van der Waals surface area contributed by atoms with E-state index >= 15 is 0 Å². The fraction of sp³-hybridized carbons (Fsp3) is 0.533. The zero-order chi connectivity index (χ0) is 13.9. The molecule has 3 heteroatoms. The maximum atomic E-state index is 12.2. The molecule has 0 aromatic heterocycles. The molecule has 18 heavy (non-hydrogen) atoms. The molecule has 2 N–H and O–H groups in total. The van der Waals surface area contributed by atoms with Gasteiger partial charge in [0.15, 0.2) is 0 Å². The lowest BCUT2D eigenvalue weighted by atomic mass is 9.86. The highest BCUT2D eigenvalue weighted by Crippen LogP contribution is 2.19. The predicted molar refractivity (Wildman–Crippen MR) is 75.1 cm³/mol. The van der Waals surface area contributed by atoms with E-state index in [4.69, 9.17) is 5.73 Å². The minimum absolute atomic E-state index is 0.00856. The van der Waals surface area contributed by atoms with Crippen molar-refractivity contribution in [2.45, 2.75) is 40.3 Å². The first kappa shape index (κ1) is 14.7. The molecule has 0 unspecified atom stereocenters. The van der Waals surface area contributed by atoms with Crippen LogP contribution in [0.5, 0.6) is 0 Å². The topological polar surface area (TPSA) is 46.3 Å². The van der Waals surface area contributed by atoms with Gasteiger partial charge in [-0.05, 0) is 23.5 Å². The molecule has 1 atom stereocenters. The van der Waals surface area contributed by atoms with E-state index in [1.54, 1.807) is 11.9 Å². The molecule has 0 aliphatic carbocycles. The van der Waals surface area contributed by atoms with Gasteiger partial charge in [-0.15, -0.1) is 0 Å². The average molecular weight is 248 g/mol. The third-order valence-electron chi connectivity index (χ3n) is 3.24. The van der Waals surface area contributed by atoms with Crippen LogP contribution in [0.1, 0.15) is 31.9 Å². The van der Waals surface area contributed by atoms with E-state index in [-0.39, 0.29) is 11.3 Å². The largest absolute Gasteiger partial charge is 0.340 e. The second-order valence-corrected chi connectivity index (χ2v) is 5.96. The van der Waals surface area contributed by atoms with Gasteiger partial charge in [0.05, 0.1) is 6.04 Å². The van der Waals surface area contributed by atoms with Crippen molar-refractivity contribution >= 4 is 5.91 Å². The van der Waals surface area contributed by atoms with Gasteiger partial charge in [0.25, 0.3) is 0 Å². The Kier molecular flexibility index (Phi) is 4.52. The standard InChI is InChI=1S/C15H24N2O/c1-11-8-6-7-9-12(11)10-17(5)14(18)13(16)15(2,3)4/h6-9,13H,10,16H2,1-5H3/t13-/m0/s1. The summed E-state index contributed by atoms with van der Waals surface area (Å²) in [7, 11) is 1.81. The van der Waals surface area contributed by atoms with Crippen molar-refractivity contribution in [3.05, 3.63) is 35.4 Å². The summed E-state index contributed by atoms with van der Waals surface area (Å²) in [5.74, 6) is -0.00856. The number of likely N-dealkylation sites (N-methyl/N-ethyl adjacent to an activating group) is 1. The van der Waals surface area contributed by atoms with Gasteiger partial charge in [-0.25, -0.2) is 0 Å². The summed E-state index contributed by atoms with van der Waals surface area (Å²) in [5, 5.41) is 0. The minimum Gasteiger partial charge on any atom is -0.340 e. The first-order chi connectivity index (χ1) is 8.23. The number of hydrogen-bond donors (Lipinski definition) is 1. The van der Waals surface area contributed by atoms with Gasteiger partial charge < -0.3 is 10.6 Å². The van der Waals surface area contributed by atoms with Gasteiger partial charge in [0, 0.05) is 13.6 Å². The van der Waals surface area contributed by atoms with Gasteiger partial charge in [0.2, 0.25) is 5.91 Å². The zero-order valence-corrected chi connectivity index (χ0v) is 12.0. The van der Waals surface area contributed by atoms with Crippen LogP contribution in [0.15, 0.2) is 24.3 Å². The maximum Gasteiger partial charge on any atom is 0.240 e. The first-order valence-corrected chi connectivity index (χ1v) is 6.28. The number of aryl methyl sites for hydroxylation is 1. The molecule has 0 spiro atoms.